The van der Waals surface area contributed by atoms with Crippen molar-refractivity contribution in [1.29, 1.82) is 0 Å². The van der Waals surface area contributed by atoms with Crippen LogP contribution in [0.4, 0.5) is 10.1 Å². The zero-order valence-corrected chi connectivity index (χ0v) is 11.6. The standard InChI is InChI=1S/C11H15FN2O5S/c1-18-2-3-19-7-11(15)14-9-4-8(12)5-10(6-9)20(13,16)17/h4-6H,2-3,7H2,1H3,(H,14,15)(H2,13,16,17). The summed E-state index contributed by atoms with van der Waals surface area (Å²) in [6, 6.07) is 2.80. The third kappa shape index (κ3) is 5.61. The van der Waals surface area contributed by atoms with E-state index in [1.165, 1.54) is 7.11 Å². The molecule has 0 aliphatic carbocycles. The van der Waals surface area contributed by atoms with Crippen molar-refractivity contribution in [3.8, 4) is 0 Å². The molecule has 0 atom stereocenters. The monoisotopic (exact) mass is 306 g/mol. The van der Waals surface area contributed by atoms with Gasteiger partial charge in [0.25, 0.3) is 0 Å². The maximum Gasteiger partial charge on any atom is 0.250 e. The minimum atomic E-state index is -4.05. The molecule has 9 heteroatoms. The van der Waals surface area contributed by atoms with Crippen LogP contribution in [0.3, 0.4) is 0 Å². The van der Waals surface area contributed by atoms with Gasteiger partial charge in [-0.3, -0.25) is 4.79 Å². The summed E-state index contributed by atoms with van der Waals surface area (Å²) in [4.78, 5) is 11.0. The van der Waals surface area contributed by atoms with Crippen LogP contribution in [0.25, 0.3) is 0 Å². The number of halogens is 1. The second-order valence-corrected chi connectivity index (χ2v) is 5.38. The highest BCUT2D eigenvalue weighted by Gasteiger charge is 2.12. The zero-order valence-electron chi connectivity index (χ0n) is 10.8. The van der Waals surface area contributed by atoms with Gasteiger partial charge in [-0.15, -0.1) is 0 Å². The number of methoxy groups -OCH3 is 1. The van der Waals surface area contributed by atoms with Crippen LogP contribution in [0.1, 0.15) is 0 Å². The summed E-state index contributed by atoms with van der Waals surface area (Å²) in [5, 5.41) is 7.20. The topological polar surface area (TPSA) is 108 Å². The minimum absolute atomic E-state index is 0.0191. The molecule has 0 fully saturated rings. The predicted octanol–water partition coefficient (Wildman–Crippen LogP) is 0.0746. The Morgan fingerprint density at radius 3 is 2.65 bits per heavy atom. The van der Waals surface area contributed by atoms with Gasteiger partial charge in [0.05, 0.1) is 18.1 Å². The van der Waals surface area contributed by atoms with Crippen molar-refractivity contribution in [2.45, 2.75) is 4.90 Å². The van der Waals surface area contributed by atoms with Crippen LogP contribution in [-0.2, 0) is 24.3 Å². The molecule has 3 N–H and O–H groups in total. The van der Waals surface area contributed by atoms with E-state index in [1.54, 1.807) is 0 Å². The van der Waals surface area contributed by atoms with Gasteiger partial charge in [-0.2, -0.15) is 0 Å². The number of carbonyl (C=O) groups is 1. The van der Waals surface area contributed by atoms with Crippen molar-refractivity contribution in [2.24, 2.45) is 5.14 Å². The Balaban J connectivity index is 2.68. The fourth-order valence-electron chi connectivity index (χ4n) is 1.30. The molecule has 7 nitrogen and oxygen atoms in total. The molecule has 0 heterocycles. The van der Waals surface area contributed by atoms with Gasteiger partial charge in [0.2, 0.25) is 15.9 Å². The summed E-state index contributed by atoms with van der Waals surface area (Å²) < 4.78 is 45.2. The van der Waals surface area contributed by atoms with Crippen molar-refractivity contribution in [3.63, 3.8) is 0 Å². The Kier molecular flexibility index (Phi) is 6.02. The lowest BCUT2D eigenvalue weighted by molar-refractivity contribution is -0.121. The molecule has 0 spiro atoms. The molecular weight excluding hydrogens is 291 g/mol. The van der Waals surface area contributed by atoms with E-state index in [0.717, 1.165) is 18.2 Å². The van der Waals surface area contributed by atoms with Crippen molar-refractivity contribution >= 4 is 21.6 Å². The molecule has 0 unspecified atom stereocenters. The van der Waals surface area contributed by atoms with Crippen LogP contribution >= 0.6 is 0 Å². The van der Waals surface area contributed by atoms with Crippen LogP contribution in [0, 0.1) is 5.82 Å². The van der Waals surface area contributed by atoms with Crippen LogP contribution < -0.4 is 10.5 Å². The number of rotatable bonds is 7. The number of ether oxygens (including phenoxy) is 2. The summed E-state index contributed by atoms with van der Waals surface area (Å²) in [5.74, 6) is -1.38. The third-order valence-electron chi connectivity index (χ3n) is 2.15. The average molecular weight is 306 g/mol. The summed E-state index contributed by atoms with van der Waals surface area (Å²) in [6.07, 6.45) is 0. The molecule has 0 aliphatic rings. The molecule has 1 rings (SSSR count). The molecule has 0 aromatic heterocycles. The van der Waals surface area contributed by atoms with Crippen molar-refractivity contribution < 1.29 is 27.1 Å². The van der Waals surface area contributed by atoms with Gasteiger partial charge in [0, 0.05) is 12.8 Å². The van der Waals surface area contributed by atoms with E-state index in [2.05, 4.69) is 5.32 Å². The minimum Gasteiger partial charge on any atom is -0.382 e. The number of anilines is 1. The number of carbonyl (C=O) groups excluding carboxylic acids is 1. The van der Waals surface area contributed by atoms with Gasteiger partial charge in [0.1, 0.15) is 12.4 Å². The fraction of sp³-hybridized carbons (Fsp3) is 0.364. The van der Waals surface area contributed by atoms with Crippen LogP contribution in [0.5, 0.6) is 0 Å². The van der Waals surface area contributed by atoms with E-state index in [4.69, 9.17) is 14.6 Å². The maximum atomic E-state index is 13.2. The van der Waals surface area contributed by atoms with Crippen molar-refractivity contribution in [1.82, 2.24) is 0 Å². The number of hydrogen-bond donors (Lipinski definition) is 2. The fourth-order valence-corrected chi connectivity index (χ4v) is 1.87. The second kappa shape index (κ2) is 7.29. The van der Waals surface area contributed by atoms with E-state index in [1.807, 2.05) is 0 Å². The summed E-state index contributed by atoms with van der Waals surface area (Å²) >= 11 is 0. The molecule has 1 amide bonds. The molecule has 1 aromatic carbocycles. The third-order valence-corrected chi connectivity index (χ3v) is 3.04. The number of sulfonamides is 1. The molecule has 0 saturated carbocycles. The number of nitrogens with one attached hydrogen (secondary N) is 1. The van der Waals surface area contributed by atoms with Gasteiger partial charge in [-0.05, 0) is 18.2 Å². The number of nitrogens with two attached hydrogens (primary N) is 1. The van der Waals surface area contributed by atoms with Gasteiger partial charge in [-0.1, -0.05) is 0 Å². The van der Waals surface area contributed by atoms with E-state index in [-0.39, 0.29) is 18.9 Å². The van der Waals surface area contributed by atoms with Gasteiger partial charge in [0.15, 0.2) is 0 Å². The average Bonchev–Trinajstić information content (AvgIpc) is 2.33. The Labute approximate surface area is 115 Å². The first-order chi connectivity index (χ1) is 9.32. The number of hydrogen-bond acceptors (Lipinski definition) is 5. The summed E-state index contributed by atoms with van der Waals surface area (Å²) in [7, 11) is -2.56. The van der Waals surface area contributed by atoms with Crippen molar-refractivity contribution in [3.05, 3.63) is 24.0 Å². The molecule has 0 bridgehead atoms. The van der Waals surface area contributed by atoms with Crippen LogP contribution in [0.15, 0.2) is 23.1 Å². The van der Waals surface area contributed by atoms with Crippen LogP contribution in [0.2, 0.25) is 0 Å². The smallest absolute Gasteiger partial charge is 0.250 e. The Morgan fingerprint density at radius 2 is 2.05 bits per heavy atom. The lowest BCUT2D eigenvalue weighted by Gasteiger charge is -2.08. The number of amides is 1. The summed E-state index contributed by atoms with van der Waals surface area (Å²) in [5.41, 5.74) is -0.0191. The molecule has 0 radical (unpaired) electrons. The van der Waals surface area contributed by atoms with E-state index < -0.39 is 26.6 Å². The Morgan fingerprint density at radius 1 is 1.35 bits per heavy atom. The molecular formula is C11H15FN2O5S. The normalized spacial score (nSPS) is 11.3. The first-order valence-corrected chi connectivity index (χ1v) is 7.07. The quantitative estimate of drug-likeness (QED) is 0.693. The second-order valence-electron chi connectivity index (χ2n) is 3.81. The maximum absolute atomic E-state index is 13.2. The SMILES string of the molecule is COCCOCC(=O)Nc1cc(F)cc(S(N)(=O)=O)c1. The van der Waals surface area contributed by atoms with Gasteiger partial charge >= 0.3 is 0 Å². The molecule has 1 aromatic rings. The predicted molar refractivity (Wildman–Crippen MR) is 69.1 cm³/mol. The largest absolute Gasteiger partial charge is 0.382 e. The lowest BCUT2D eigenvalue weighted by atomic mass is 10.3. The molecule has 20 heavy (non-hydrogen) atoms. The highest BCUT2D eigenvalue weighted by Crippen LogP contribution is 2.17. The Hall–Kier alpha value is -1.55. The van der Waals surface area contributed by atoms with E-state index in [0.29, 0.717) is 6.61 Å². The van der Waals surface area contributed by atoms with E-state index in [9.17, 15) is 17.6 Å². The summed E-state index contributed by atoms with van der Waals surface area (Å²) in [6.45, 7) is 0.308. The van der Waals surface area contributed by atoms with Gasteiger partial charge < -0.3 is 14.8 Å². The molecule has 0 saturated heterocycles. The molecule has 112 valence electrons. The number of benzene rings is 1. The first kappa shape index (κ1) is 16.5. The highest BCUT2D eigenvalue weighted by molar-refractivity contribution is 7.89. The van der Waals surface area contributed by atoms with Gasteiger partial charge in [-0.25, -0.2) is 17.9 Å². The van der Waals surface area contributed by atoms with Crippen LogP contribution in [-0.4, -0.2) is 41.3 Å². The highest BCUT2D eigenvalue weighted by atomic mass is 32.2. The Bertz CT molecular complexity index is 576. The first-order valence-electron chi connectivity index (χ1n) is 5.53. The number of primary sulfonamides is 1. The zero-order chi connectivity index (χ0) is 15.2. The lowest BCUT2D eigenvalue weighted by Crippen LogP contribution is -2.20. The van der Waals surface area contributed by atoms with Crippen molar-refractivity contribution in [2.75, 3.05) is 32.2 Å². The van der Waals surface area contributed by atoms with E-state index >= 15 is 0 Å². The molecule has 0 aliphatic heterocycles.